The van der Waals surface area contributed by atoms with Gasteiger partial charge in [0.1, 0.15) is 0 Å². The van der Waals surface area contributed by atoms with Gasteiger partial charge >= 0.3 is 5.97 Å². The molecule has 0 saturated heterocycles. The van der Waals surface area contributed by atoms with Crippen molar-refractivity contribution in [2.45, 2.75) is 6.42 Å². The largest absolute Gasteiger partial charge is 0.481 e. The molecule has 28 heavy (non-hydrogen) atoms. The van der Waals surface area contributed by atoms with Gasteiger partial charge in [0, 0.05) is 32.9 Å². The van der Waals surface area contributed by atoms with Gasteiger partial charge in [-0.3, -0.25) is 9.78 Å². The maximum absolute atomic E-state index is 11.4. The molecule has 1 heterocycles. The monoisotopic (exact) mass is 493 g/mol. The van der Waals surface area contributed by atoms with Crippen LogP contribution in [0.1, 0.15) is 5.56 Å². The first-order valence-corrected chi connectivity index (χ1v) is 9.95. The summed E-state index contributed by atoms with van der Waals surface area (Å²) in [6.45, 7) is 0. The van der Waals surface area contributed by atoms with E-state index in [1.54, 1.807) is 18.2 Å². The average molecular weight is 496 g/mol. The number of aliphatic carboxylic acids is 1. The fourth-order valence-corrected chi connectivity index (χ4v) is 4.17. The van der Waals surface area contributed by atoms with Crippen LogP contribution in [0.4, 0.5) is 0 Å². The van der Waals surface area contributed by atoms with Crippen LogP contribution in [0.25, 0.3) is 22.4 Å². The van der Waals surface area contributed by atoms with E-state index in [1.807, 2.05) is 0 Å². The van der Waals surface area contributed by atoms with Crippen molar-refractivity contribution in [1.82, 2.24) is 4.98 Å². The number of carboxylic acids is 1. The highest BCUT2D eigenvalue weighted by molar-refractivity contribution is 6.46. The van der Waals surface area contributed by atoms with Crippen molar-refractivity contribution < 1.29 is 9.90 Å². The molecule has 0 amide bonds. The third kappa shape index (κ3) is 4.35. The van der Waals surface area contributed by atoms with Gasteiger partial charge < -0.3 is 5.11 Å². The summed E-state index contributed by atoms with van der Waals surface area (Å²) in [6, 6.07) is 7.75. The Labute approximate surface area is 190 Å². The molecule has 0 aliphatic rings. The molecule has 0 unspecified atom stereocenters. The smallest absolute Gasteiger partial charge is 0.307 e. The summed E-state index contributed by atoms with van der Waals surface area (Å²) in [4.78, 5) is 15.8. The summed E-state index contributed by atoms with van der Waals surface area (Å²) in [5.74, 6) is -1.03. The number of carboxylic acid groups (broad SMARTS) is 1. The molecule has 3 rings (SSSR count). The Balaban J connectivity index is 2.43. The van der Waals surface area contributed by atoms with E-state index in [2.05, 4.69) is 4.98 Å². The predicted octanol–water partition coefficient (Wildman–Crippen LogP) is 7.96. The highest BCUT2D eigenvalue weighted by Gasteiger charge is 2.22. The zero-order chi connectivity index (χ0) is 20.6. The van der Waals surface area contributed by atoms with Crippen LogP contribution in [0.2, 0.25) is 30.1 Å². The summed E-state index contributed by atoms with van der Waals surface area (Å²) < 4.78 is 0. The summed E-state index contributed by atoms with van der Waals surface area (Å²) in [7, 11) is 0. The second-order valence-corrected chi connectivity index (χ2v) is 8.21. The Bertz CT molecular complexity index is 1100. The lowest BCUT2D eigenvalue weighted by molar-refractivity contribution is -0.136. The van der Waals surface area contributed by atoms with Crippen molar-refractivity contribution in [1.29, 1.82) is 0 Å². The fourth-order valence-electron chi connectivity index (χ4n) is 2.78. The zero-order valence-electron chi connectivity index (χ0n) is 13.7. The molecule has 2 aromatic carbocycles. The number of carbonyl (C=O) groups is 1. The molecular formula is C19H9Cl6NO2. The van der Waals surface area contributed by atoms with Crippen LogP contribution in [0, 0.1) is 0 Å². The van der Waals surface area contributed by atoms with Gasteiger partial charge in [-0.1, -0.05) is 69.6 Å². The summed E-state index contributed by atoms with van der Waals surface area (Å²) >= 11 is 37.5. The minimum atomic E-state index is -1.03. The topological polar surface area (TPSA) is 50.2 Å². The van der Waals surface area contributed by atoms with Gasteiger partial charge in [-0.05, 0) is 35.9 Å². The summed E-state index contributed by atoms with van der Waals surface area (Å²) in [6.07, 6.45) is 1.19. The van der Waals surface area contributed by atoms with Crippen LogP contribution in [-0.2, 0) is 11.2 Å². The Morgan fingerprint density at radius 3 is 1.96 bits per heavy atom. The Kier molecular flexibility index (Phi) is 6.65. The lowest BCUT2D eigenvalue weighted by Crippen LogP contribution is -2.04. The maximum atomic E-state index is 11.4. The number of nitrogens with zero attached hydrogens (tertiary/aromatic N) is 1. The van der Waals surface area contributed by atoms with Gasteiger partial charge in [-0.2, -0.15) is 0 Å². The van der Waals surface area contributed by atoms with Crippen molar-refractivity contribution >= 4 is 75.6 Å². The van der Waals surface area contributed by atoms with E-state index in [9.17, 15) is 9.90 Å². The van der Waals surface area contributed by atoms with Crippen molar-refractivity contribution in [2.24, 2.45) is 0 Å². The molecule has 0 aliphatic heterocycles. The number of hydrogen-bond acceptors (Lipinski definition) is 2. The molecule has 0 fully saturated rings. The number of aromatic nitrogens is 1. The Morgan fingerprint density at radius 1 is 0.857 bits per heavy atom. The second-order valence-electron chi connectivity index (χ2n) is 5.76. The van der Waals surface area contributed by atoms with Crippen LogP contribution in [-0.4, -0.2) is 16.1 Å². The van der Waals surface area contributed by atoms with Crippen molar-refractivity contribution in [3.8, 4) is 22.4 Å². The van der Waals surface area contributed by atoms with Gasteiger partial charge in [0.25, 0.3) is 0 Å². The van der Waals surface area contributed by atoms with Gasteiger partial charge in [-0.25, -0.2) is 0 Å². The zero-order valence-corrected chi connectivity index (χ0v) is 18.3. The van der Waals surface area contributed by atoms with E-state index in [0.717, 1.165) is 0 Å². The molecule has 0 saturated carbocycles. The number of rotatable bonds is 4. The number of benzene rings is 2. The lowest BCUT2D eigenvalue weighted by Gasteiger charge is -2.17. The van der Waals surface area contributed by atoms with Crippen molar-refractivity contribution in [2.75, 3.05) is 0 Å². The lowest BCUT2D eigenvalue weighted by atomic mass is 9.93. The van der Waals surface area contributed by atoms with Crippen molar-refractivity contribution in [3.63, 3.8) is 0 Å². The van der Waals surface area contributed by atoms with Gasteiger partial charge in [0.05, 0.1) is 32.2 Å². The first-order valence-electron chi connectivity index (χ1n) is 7.68. The molecule has 3 aromatic rings. The SMILES string of the molecule is O=C(O)Cc1ccnc(-c2cc(Cl)cc(Cl)c2Cl)c1-c1cc(Cl)cc(Cl)c1Cl. The third-order valence-corrected chi connectivity index (χ3v) is 5.93. The van der Waals surface area contributed by atoms with Crippen molar-refractivity contribution in [3.05, 3.63) is 72.2 Å². The second kappa shape index (κ2) is 8.66. The highest BCUT2D eigenvalue weighted by atomic mass is 35.5. The minimum absolute atomic E-state index is 0.205. The molecule has 0 aliphatic carbocycles. The molecule has 3 nitrogen and oxygen atoms in total. The molecular weight excluding hydrogens is 487 g/mol. The normalized spacial score (nSPS) is 10.9. The number of hydrogen-bond donors (Lipinski definition) is 1. The number of halogens is 6. The first kappa shape index (κ1) is 21.5. The molecule has 0 atom stereocenters. The summed E-state index contributed by atoms with van der Waals surface area (Å²) in [5.41, 5.74) is 2.08. The van der Waals surface area contributed by atoms with E-state index < -0.39 is 5.97 Å². The fraction of sp³-hybridized carbons (Fsp3) is 0.0526. The quantitative estimate of drug-likeness (QED) is 0.373. The van der Waals surface area contributed by atoms with Gasteiger partial charge in [0.15, 0.2) is 0 Å². The molecule has 0 spiro atoms. The van der Waals surface area contributed by atoms with E-state index in [1.165, 1.54) is 18.3 Å². The standard InChI is InChI=1S/C19H9Cl6NO2/c20-9-4-11(17(24)13(22)6-9)16-8(3-15(27)28)1-2-26-19(16)12-5-10(21)7-14(23)18(12)25/h1-2,4-7H,3H2,(H,27,28). The van der Waals surface area contributed by atoms with Crippen LogP contribution in [0.15, 0.2) is 36.5 Å². The van der Waals surface area contributed by atoms with E-state index in [-0.39, 0.29) is 26.5 Å². The van der Waals surface area contributed by atoms with Crippen LogP contribution in [0.5, 0.6) is 0 Å². The van der Waals surface area contributed by atoms with E-state index in [0.29, 0.717) is 38.0 Å². The van der Waals surface area contributed by atoms with Crippen LogP contribution in [0.3, 0.4) is 0 Å². The van der Waals surface area contributed by atoms with Gasteiger partial charge in [0.2, 0.25) is 0 Å². The molecule has 144 valence electrons. The maximum Gasteiger partial charge on any atom is 0.307 e. The van der Waals surface area contributed by atoms with E-state index >= 15 is 0 Å². The average Bonchev–Trinajstić information content (AvgIpc) is 2.60. The minimum Gasteiger partial charge on any atom is -0.481 e. The summed E-state index contributed by atoms with van der Waals surface area (Å²) in [5, 5.41) is 10.9. The molecule has 0 bridgehead atoms. The first-order chi connectivity index (χ1) is 13.2. The number of pyridine rings is 1. The highest BCUT2D eigenvalue weighted by Crippen LogP contribution is 2.45. The Morgan fingerprint density at radius 2 is 1.39 bits per heavy atom. The van der Waals surface area contributed by atoms with Gasteiger partial charge in [-0.15, -0.1) is 0 Å². The third-order valence-electron chi connectivity index (χ3n) is 3.89. The van der Waals surface area contributed by atoms with Crippen LogP contribution >= 0.6 is 69.6 Å². The predicted molar refractivity (Wildman–Crippen MR) is 117 cm³/mol. The molecule has 9 heteroatoms. The molecule has 1 aromatic heterocycles. The van der Waals surface area contributed by atoms with Crippen LogP contribution < -0.4 is 0 Å². The molecule has 1 N–H and O–H groups in total. The Hall–Kier alpha value is -1.20. The van der Waals surface area contributed by atoms with E-state index in [4.69, 9.17) is 69.6 Å². The molecule has 0 radical (unpaired) electrons.